The van der Waals surface area contributed by atoms with Gasteiger partial charge in [-0.3, -0.25) is 14.2 Å². The minimum atomic E-state index is -0.337. The van der Waals surface area contributed by atoms with Gasteiger partial charge in [-0.1, -0.05) is 41.7 Å². The molecule has 2 aromatic carbocycles. The van der Waals surface area contributed by atoms with Gasteiger partial charge in [-0.05, 0) is 30.7 Å². The van der Waals surface area contributed by atoms with Gasteiger partial charge in [0.2, 0.25) is 0 Å². The van der Waals surface area contributed by atoms with Crippen LogP contribution in [0.1, 0.15) is 12.0 Å². The molecule has 0 aliphatic heterocycles. The lowest BCUT2D eigenvalue weighted by atomic mass is 10.2. The van der Waals surface area contributed by atoms with Gasteiger partial charge in [-0.15, -0.1) is 0 Å². The van der Waals surface area contributed by atoms with E-state index in [4.69, 9.17) is 4.74 Å². The van der Waals surface area contributed by atoms with E-state index < -0.39 is 0 Å². The zero-order valence-electron chi connectivity index (χ0n) is 12.1. The molecule has 0 aliphatic carbocycles. The van der Waals surface area contributed by atoms with Crippen LogP contribution in [0.15, 0.2) is 53.3 Å². The molecular weight excluding hydrogens is 298 g/mol. The minimum Gasteiger partial charge on any atom is -0.426 e. The fraction of sp³-hybridized carbons (Fsp3) is 0.176. The van der Waals surface area contributed by atoms with Crippen LogP contribution in [0.5, 0.6) is 5.75 Å². The van der Waals surface area contributed by atoms with Gasteiger partial charge in [0.15, 0.2) is 0 Å². The van der Waals surface area contributed by atoms with Gasteiger partial charge >= 0.3 is 10.8 Å². The number of benzene rings is 2. The molecule has 0 amide bonds. The zero-order chi connectivity index (χ0) is 15.5. The summed E-state index contributed by atoms with van der Waals surface area (Å²) in [5.41, 5.74) is 1.77. The Morgan fingerprint density at radius 1 is 1.14 bits per heavy atom. The van der Waals surface area contributed by atoms with Crippen LogP contribution in [0.2, 0.25) is 0 Å². The van der Waals surface area contributed by atoms with E-state index >= 15 is 0 Å². The molecule has 0 atom stereocenters. The molecule has 0 fully saturated rings. The van der Waals surface area contributed by atoms with Gasteiger partial charge in [0.25, 0.3) is 0 Å². The summed E-state index contributed by atoms with van der Waals surface area (Å²) >= 11 is 1.19. The predicted octanol–water partition coefficient (Wildman–Crippen LogP) is 3.37. The highest BCUT2D eigenvalue weighted by Crippen LogP contribution is 2.18. The van der Waals surface area contributed by atoms with Crippen LogP contribution < -0.4 is 9.61 Å². The molecule has 0 saturated carbocycles. The fourth-order valence-electron chi connectivity index (χ4n) is 2.27. The van der Waals surface area contributed by atoms with Crippen molar-refractivity contribution in [2.24, 2.45) is 0 Å². The third-order valence-corrected chi connectivity index (χ3v) is 4.39. The molecule has 3 aromatic rings. The van der Waals surface area contributed by atoms with Crippen LogP contribution >= 0.6 is 11.3 Å². The van der Waals surface area contributed by atoms with E-state index in [1.807, 2.05) is 49.4 Å². The summed E-state index contributed by atoms with van der Waals surface area (Å²) < 4.78 is 7.90. The molecule has 0 radical (unpaired) electrons. The lowest BCUT2D eigenvalue weighted by Gasteiger charge is -2.07. The van der Waals surface area contributed by atoms with Crippen LogP contribution in [-0.2, 0) is 11.3 Å². The van der Waals surface area contributed by atoms with E-state index in [1.54, 1.807) is 10.6 Å². The second kappa shape index (κ2) is 6.15. The number of hydrogen-bond acceptors (Lipinski definition) is 4. The van der Waals surface area contributed by atoms with Crippen LogP contribution in [0, 0.1) is 6.92 Å². The van der Waals surface area contributed by atoms with Gasteiger partial charge in [-0.25, -0.2) is 0 Å². The second-order valence-electron chi connectivity index (χ2n) is 4.98. The number of aryl methyl sites for hydroxylation is 2. The predicted molar refractivity (Wildman–Crippen MR) is 87.5 cm³/mol. The van der Waals surface area contributed by atoms with Crippen LogP contribution in [0.3, 0.4) is 0 Å². The first kappa shape index (κ1) is 14.5. The van der Waals surface area contributed by atoms with Crippen molar-refractivity contribution < 1.29 is 9.53 Å². The van der Waals surface area contributed by atoms with Crippen molar-refractivity contribution in [3.63, 3.8) is 0 Å². The number of thiazole rings is 1. The van der Waals surface area contributed by atoms with Gasteiger partial charge in [0.05, 0.1) is 16.6 Å². The fourth-order valence-corrected chi connectivity index (χ4v) is 3.19. The standard InChI is InChI=1S/C17H15NO3S/c1-12-6-2-4-8-14(12)21-16(19)10-11-18-13-7-3-5-9-15(13)22-17(18)20/h2-9H,10-11H2,1H3. The Bertz CT molecular complexity index is 879. The zero-order valence-corrected chi connectivity index (χ0v) is 12.9. The van der Waals surface area contributed by atoms with Crippen molar-refractivity contribution in [3.8, 4) is 5.75 Å². The van der Waals surface area contributed by atoms with Crippen molar-refractivity contribution in [2.45, 2.75) is 19.9 Å². The van der Waals surface area contributed by atoms with Gasteiger partial charge in [0, 0.05) is 6.54 Å². The van der Waals surface area contributed by atoms with E-state index in [0.29, 0.717) is 12.3 Å². The van der Waals surface area contributed by atoms with E-state index in [1.165, 1.54) is 11.3 Å². The van der Waals surface area contributed by atoms with Crippen LogP contribution in [0.25, 0.3) is 10.2 Å². The van der Waals surface area contributed by atoms with Gasteiger partial charge in [-0.2, -0.15) is 0 Å². The molecule has 3 rings (SSSR count). The highest BCUT2D eigenvalue weighted by Gasteiger charge is 2.11. The number of hydrogen-bond donors (Lipinski definition) is 0. The van der Waals surface area contributed by atoms with Crippen molar-refractivity contribution in [1.29, 1.82) is 0 Å². The molecule has 22 heavy (non-hydrogen) atoms. The van der Waals surface area contributed by atoms with Gasteiger partial charge in [0.1, 0.15) is 5.75 Å². The Morgan fingerprint density at radius 2 is 1.86 bits per heavy atom. The molecule has 0 spiro atoms. The maximum Gasteiger partial charge on any atom is 0.313 e. The van der Waals surface area contributed by atoms with Crippen molar-refractivity contribution in [3.05, 3.63) is 63.8 Å². The first-order valence-corrected chi connectivity index (χ1v) is 7.81. The normalized spacial score (nSPS) is 10.8. The van der Waals surface area contributed by atoms with E-state index in [9.17, 15) is 9.59 Å². The summed E-state index contributed by atoms with van der Waals surface area (Å²) in [6, 6.07) is 14.9. The summed E-state index contributed by atoms with van der Waals surface area (Å²) in [5.74, 6) is 0.228. The molecule has 4 nitrogen and oxygen atoms in total. The highest BCUT2D eigenvalue weighted by molar-refractivity contribution is 7.16. The highest BCUT2D eigenvalue weighted by atomic mass is 32.1. The molecule has 0 N–H and O–H groups in total. The monoisotopic (exact) mass is 313 g/mol. The lowest BCUT2D eigenvalue weighted by molar-refractivity contribution is -0.134. The van der Waals surface area contributed by atoms with Crippen molar-refractivity contribution >= 4 is 27.5 Å². The number of carbonyl (C=O) groups excluding carboxylic acids is 1. The molecule has 0 aliphatic rings. The third kappa shape index (κ3) is 2.94. The smallest absolute Gasteiger partial charge is 0.313 e. The molecular formula is C17H15NO3S. The third-order valence-electron chi connectivity index (χ3n) is 3.43. The van der Waals surface area contributed by atoms with Crippen molar-refractivity contribution in [1.82, 2.24) is 4.57 Å². The Labute approximate surface area is 131 Å². The Morgan fingerprint density at radius 3 is 2.68 bits per heavy atom. The first-order chi connectivity index (χ1) is 10.6. The average molecular weight is 313 g/mol. The quantitative estimate of drug-likeness (QED) is 0.548. The summed E-state index contributed by atoms with van der Waals surface area (Å²) in [6.07, 6.45) is 0.162. The van der Waals surface area contributed by atoms with Crippen molar-refractivity contribution in [2.75, 3.05) is 0 Å². The number of para-hydroxylation sites is 2. The largest absolute Gasteiger partial charge is 0.426 e. The molecule has 1 aromatic heterocycles. The number of ether oxygens (including phenoxy) is 1. The first-order valence-electron chi connectivity index (χ1n) is 7.00. The number of aromatic nitrogens is 1. The average Bonchev–Trinajstić information content (AvgIpc) is 2.83. The number of rotatable bonds is 4. The van der Waals surface area contributed by atoms with Crippen LogP contribution in [0.4, 0.5) is 0 Å². The van der Waals surface area contributed by atoms with Crippen LogP contribution in [-0.4, -0.2) is 10.5 Å². The maximum atomic E-state index is 12.0. The number of fused-ring (bicyclic) bond motifs is 1. The Balaban J connectivity index is 1.72. The summed E-state index contributed by atoms with van der Waals surface area (Å²) in [5, 5.41) is 0. The molecule has 1 heterocycles. The number of carbonyl (C=O) groups is 1. The molecule has 0 bridgehead atoms. The molecule has 5 heteroatoms. The number of nitrogens with zero attached hydrogens (tertiary/aromatic N) is 1. The van der Waals surface area contributed by atoms with E-state index in [2.05, 4.69) is 0 Å². The second-order valence-corrected chi connectivity index (χ2v) is 5.97. The summed E-state index contributed by atoms with van der Waals surface area (Å²) in [7, 11) is 0. The Kier molecular flexibility index (Phi) is 4.06. The number of esters is 1. The molecule has 112 valence electrons. The summed E-state index contributed by atoms with van der Waals surface area (Å²) in [4.78, 5) is 23.9. The topological polar surface area (TPSA) is 48.3 Å². The minimum absolute atomic E-state index is 0.0510. The summed E-state index contributed by atoms with van der Waals surface area (Å²) in [6.45, 7) is 2.22. The SMILES string of the molecule is Cc1ccccc1OC(=O)CCn1c(=O)sc2ccccc21. The molecule has 0 unspecified atom stereocenters. The maximum absolute atomic E-state index is 12.0. The lowest BCUT2D eigenvalue weighted by Crippen LogP contribution is -2.18. The van der Waals surface area contributed by atoms with E-state index in [0.717, 1.165) is 15.8 Å². The van der Waals surface area contributed by atoms with E-state index in [-0.39, 0.29) is 17.3 Å². The Hall–Kier alpha value is -2.40. The molecule has 0 saturated heterocycles. The van der Waals surface area contributed by atoms with Gasteiger partial charge < -0.3 is 4.74 Å².